The van der Waals surface area contributed by atoms with Gasteiger partial charge in [0.2, 0.25) is 0 Å². The fraction of sp³-hybridized carbons (Fsp3) is 1.00. The minimum Gasteiger partial charge on any atom is -0.396 e. The zero-order chi connectivity index (χ0) is 11.3. The largest absolute Gasteiger partial charge is 0.396 e. The van der Waals surface area contributed by atoms with Gasteiger partial charge in [0, 0.05) is 19.7 Å². The van der Waals surface area contributed by atoms with Crippen molar-refractivity contribution in [1.29, 1.82) is 0 Å². The van der Waals surface area contributed by atoms with Crippen molar-refractivity contribution >= 4 is 0 Å². The van der Waals surface area contributed by atoms with Crippen LogP contribution in [0, 0.1) is 11.3 Å². The van der Waals surface area contributed by atoms with Crippen LogP contribution >= 0.6 is 0 Å². The van der Waals surface area contributed by atoms with Gasteiger partial charge in [0.25, 0.3) is 0 Å². The lowest BCUT2D eigenvalue weighted by Crippen LogP contribution is -2.43. The van der Waals surface area contributed by atoms with Crippen molar-refractivity contribution in [3.8, 4) is 0 Å². The highest BCUT2D eigenvalue weighted by molar-refractivity contribution is 4.79. The molecule has 90 valence electrons. The summed E-state index contributed by atoms with van der Waals surface area (Å²) in [5.74, 6) is 0.692. The lowest BCUT2D eigenvalue weighted by atomic mass is 9.89. The van der Waals surface area contributed by atoms with Crippen molar-refractivity contribution in [2.45, 2.75) is 33.1 Å². The van der Waals surface area contributed by atoms with Crippen LogP contribution in [-0.2, 0) is 0 Å². The molecule has 0 bridgehead atoms. The first-order valence-corrected chi connectivity index (χ1v) is 6.11. The number of likely N-dealkylation sites (tertiary alicyclic amines) is 1. The van der Waals surface area contributed by atoms with Crippen LogP contribution in [0.25, 0.3) is 0 Å². The van der Waals surface area contributed by atoms with Crippen LogP contribution in [0.2, 0.25) is 0 Å². The summed E-state index contributed by atoms with van der Waals surface area (Å²) < 4.78 is 0. The molecule has 0 aromatic carbocycles. The standard InChI is InChI=1S/C12H26N2O/c1-12(2,9-13)10-14-6-3-4-11(8-14)5-7-15/h11,15H,3-10,13H2,1-2H3. The molecule has 1 aliphatic rings. The van der Waals surface area contributed by atoms with Crippen LogP contribution in [0.1, 0.15) is 33.1 Å². The van der Waals surface area contributed by atoms with Crippen molar-refractivity contribution in [3.63, 3.8) is 0 Å². The number of hydrogen-bond donors (Lipinski definition) is 2. The highest BCUT2D eigenvalue weighted by Gasteiger charge is 2.24. The van der Waals surface area contributed by atoms with Crippen molar-refractivity contribution in [2.75, 3.05) is 32.8 Å². The second-order valence-electron chi connectivity index (χ2n) is 5.62. The molecule has 0 saturated carbocycles. The van der Waals surface area contributed by atoms with E-state index in [1.165, 1.54) is 19.4 Å². The Morgan fingerprint density at radius 3 is 2.80 bits per heavy atom. The second kappa shape index (κ2) is 5.83. The number of rotatable bonds is 5. The Morgan fingerprint density at radius 1 is 1.47 bits per heavy atom. The van der Waals surface area contributed by atoms with Gasteiger partial charge in [0.15, 0.2) is 0 Å². The monoisotopic (exact) mass is 214 g/mol. The molecule has 0 spiro atoms. The van der Waals surface area contributed by atoms with E-state index in [1.807, 2.05) is 0 Å². The Labute approximate surface area is 93.6 Å². The summed E-state index contributed by atoms with van der Waals surface area (Å²) in [5.41, 5.74) is 5.97. The van der Waals surface area contributed by atoms with E-state index in [0.717, 1.165) is 26.1 Å². The molecule has 0 amide bonds. The highest BCUT2D eigenvalue weighted by Crippen LogP contribution is 2.23. The van der Waals surface area contributed by atoms with Crippen LogP contribution in [0.4, 0.5) is 0 Å². The summed E-state index contributed by atoms with van der Waals surface area (Å²) in [4.78, 5) is 2.51. The normalized spacial score (nSPS) is 24.4. The molecule has 1 rings (SSSR count). The highest BCUT2D eigenvalue weighted by atomic mass is 16.3. The number of nitrogens with two attached hydrogens (primary N) is 1. The maximum Gasteiger partial charge on any atom is 0.0434 e. The topological polar surface area (TPSA) is 49.5 Å². The molecule has 1 saturated heterocycles. The van der Waals surface area contributed by atoms with Gasteiger partial charge in [-0.05, 0) is 43.7 Å². The first-order chi connectivity index (χ1) is 7.07. The number of aliphatic hydroxyl groups excluding tert-OH is 1. The first kappa shape index (κ1) is 12.9. The van der Waals surface area contributed by atoms with Crippen LogP contribution < -0.4 is 5.73 Å². The van der Waals surface area contributed by atoms with Gasteiger partial charge in [0.1, 0.15) is 0 Å². The van der Waals surface area contributed by atoms with Crippen LogP contribution in [0.15, 0.2) is 0 Å². The fourth-order valence-corrected chi connectivity index (χ4v) is 2.38. The van der Waals surface area contributed by atoms with Crippen molar-refractivity contribution in [3.05, 3.63) is 0 Å². The van der Waals surface area contributed by atoms with Gasteiger partial charge >= 0.3 is 0 Å². The van der Waals surface area contributed by atoms with Crippen LogP contribution in [0.3, 0.4) is 0 Å². The predicted octanol–water partition coefficient (Wildman–Crippen LogP) is 1.07. The van der Waals surface area contributed by atoms with Gasteiger partial charge < -0.3 is 15.7 Å². The summed E-state index contributed by atoms with van der Waals surface area (Å²) in [7, 11) is 0. The first-order valence-electron chi connectivity index (χ1n) is 6.11. The maximum absolute atomic E-state index is 8.94. The Hall–Kier alpha value is -0.120. The number of nitrogens with zero attached hydrogens (tertiary/aromatic N) is 1. The van der Waals surface area contributed by atoms with E-state index in [4.69, 9.17) is 10.8 Å². The molecule has 3 nitrogen and oxygen atoms in total. The lowest BCUT2D eigenvalue weighted by molar-refractivity contribution is 0.110. The molecule has 1 atom stereocenters. The molecule has 1 heterocycles. The summed E-state index contributed by atoms with van der Waals surface area (Å²) in [6.07, 6.45) is 3.50. The Bertz CT molecular complexity index is 180. The van der Waals surface area contributed by atoms with Crippen LogP contribution in [-0.4, -0.2) is 42.8 Å². The van der Waals surface area contributed by atoms with Crippen molar-refractivity contribution in [1.82, 2.24) is 4.90 Å². The minimum absolute atomic E-state index is 0.223. The van der Waals surface area contributed by atoms with E-state index in [0.29, 0.717) is 12.5 Å². The lowest BCUT2D eigenvalue weighted by Gasteiger charge is -2.37. The second-order valence-corrected chi connectivity index (χ2v) is 5.62. The smallest absolute Gasteiger partial charge is 0.0434 e. The van der Waals surface area contributed by atoms with Gasteiger partial charge in [-0.2, -0.15) is 0 Å². The third kappa shape index (κ3) is 4.49. The molecular weight excluding hydrogens is 188 g/mol. The Morgan fingerprint density at radius 2 is 2.20 bits per heavy atom. The zero-order valence-electron chi connectivity index (χ0n) is 10.2. The summed E-state index contributed by atoms with van der Waals surface area (Å²) in [6.45, 7) is 8.96. The van der Waals surface area contributed by atoms with E-state index < -0.39 is 0 Å². The molecular formula is C12H26N2O. The van der Waals surface area contributed by atoms with Crippen LogP contribution in [0.5, 0.6) is 0 Å². The van der Waals surface area contributed by atoms with Crippen molar-refractivity contribution < 1.29 is 5.11 Å². The average Bonchev–Trinajstić information content (AvgIpc) is 2.18. The summed E-state index contributed by atoms with van der Waals surface area (Å²) in [5, 5.41) is 8.94. The summed E-state index contributed by atoms with van der Waals surface area (Å²) >= 11 is 0. The van der Waals surface area contributed by atoms with Gasteiger partial charge in [-0.15, -0.1) is 0 Å². The molecule has 0 aliphatic carbocycles. The fourth-order valence-electron chi connectivity index (χ4n) is 2.38. The SMILES string of the molecule is CC(C)(CN)CN1CCCC(CCO)C1. The molecule has 3 N–H and O–H groups in total. The zero-order valence-corrected chi connectivity index (χ0v) is 10.2. The maximum atomic E-state index is 8.94. The molecule has 1 aliphatic heterocycles. The van der Waals surface area contributed by atoms with E-state index in [-0.39, 0.29) is 5.41 Å². The number of piperidine rings is 1. The van der Waals surface area contributed by atoms with E-state index >= 15 is 0 Å². The molecule has 0 aromatic rings. The van der Waals surface area contributed by atoms with Gasteiger partial charge in [-0.1, -0.05) is 13.8 Å². The molecule has 15 heavy (non-hydrogen) atoms. The molecule has 1 unspecified atom stereocenters. The molecule has 3 heteroatoms. The third-order valence-electron chi connectivity index (χ3n) is 3.34. The Kier molecular flexibility index (Phi) is 5.03. The summed E-state index contributed by atoms with van der Waals surface area (Å²) in [6, 6.07) is 0. The molecule has 0 aromatic heterocycles. The molecule has 0 radical (unpaired) electrons. The quantitative estimate of drug-likeness (QED) is 0.719. The van der Waals surface area contributed by atoms with Crippen molar-refractivity contribution in [2.24, 2.45) is 17.1 Å². The number of aliphatic hydroxyl groups is 1. The Balaban J connectivity index is 2.36. The van der Waals surface area contributed by atoms with Gasteiger partial charge in [0.05, 0.1) is 0 Å². The molecule has 1 fully saturated rings. The van der Waals surface area contributed by atoms with E-state index in [2.05, 4.69) is 18.7 Å². The van der Waals surface area contributed by atoms with Gasteiger partial charge in [-0.3, -0.25) is 0 Å². The van der Waals surface area contributed by atoms with Gasteiger partial charge in [-0.25, -0.2) is 0 Å². The number of hydrogen-bond acceptors (Lipinski definition) is 3. The third-order valence-corrected chi connectivity index (χ3v) is 3.34. The van der Waals surface area contributed by atoms with E-state index in [9.17, 15) is 0 Å². The minimum atomic E-state index is 0.223. The average molecular weight is 214 g/mol. The predicted molar refractivity (Wildman–Crippen MR) is 63.7 cm³/mol. The van der Waals surface area contributed by atoms with E-state index in [1.54, 1.807) is 0 Å².